The van der Waals surface area contributed by atoms with Crippen molar-refractivity contribution in [2.75, 3.05) is 13.6 Å². The van der Waals surface area contributed by atoms with Crippen molar-refractivity contribution < 1.29 is 23.2 Å². The molecule has 3 atom stereocenters. The van der Waals surface area contributed by atoms with Crippen LogP contribution < -0.4 is 5.73 Å². The van der Waals surface area contributed by atoms with Crippen molar-refractivity contribution in [1.29, 1.82) is 0 Å². The Morgan fingerprint density at radius 3 is 2.38 bits per heavy atom. The Kier molecular flexibility index (Phi) is 7.35. The van der Waals surface area contributed by atoms with E-state index in [2.05, 4.69) is 0 Å². The number of imide groups is 1. The SMILES string of the molecule is C[C@H](N)C(=O)N(C(=O)Cc1cc(F)cc(F)c1)[C@@H]1C(=O)N(C)CCC[C@@H]1c1ccccc1. The van der Waals surface area contributed by atoms with Gasteiger partial charge in [0, 0.05) is 25.6 Å². The molecule has 1 saturated heterocycles. The first-order valence-corrected chi connectivity index (χ1v) is 10.6. The van der Waals surface area contributed by atoms with Crippen LogP contribution in [-0.4, -0.2) is 53.2 Å². The van der Waals surface area contributed by atoms with Crippen LogP contribution in [-0.2, 0) is 20.8 Å². The maximum atomic E-state index is 13.7. The fraction of sp³-hybridized carbons (Fsp3) is 0.375. The number of carbonyl (C=O) groups excluding carboxylic acids is 3. The maximum absolute atomic E-state index is 13.7. The van der Waals surface area contributed by atoms with Gasteiger partial charge in [-0.1, -0.05) is 30.3 Å². The zero-order valence-electron chi connectivity index (χ0n) is 18.1. The van der Waals surface area contributed by atoms with E-state index in [1.165, 1.54) is 11.8 Å². The molecule has 0 unspecified atom stereocenters. The smallest absolute Gasteiger partial charge is 0.246 e. The number of nitrogens with two attached hydrogens (primary N) is 1. The van der Waals surface area contributed by atoms with Gasteiger partial charge in [-0.05, 0) is 43.0 Å². The van der Waals surface area contributed by atoms with Crippen molar-refractivity contribution in [2.45, 2.75) is 44.2 Å². The highest BCUT2D eigenvalue weighted by Gasteiger charge is 2.43. The second kappa shape index (κ2) is 9.99. The lowest BCUT2D eigenvalue weighted by molar-refractivity contribution is -0.155. The molecule has 0 spiro atoms. The van der Waals surface area contributed by atoms with Crippen LogP contribution in [0.15, 0.2) is 48.5 Å². The van der Waals surface area contributed by atoms with Crippen LogP contribution >= 0.6 is 0 Å². The van der Waals surface area contributed by atoms with Gasteiger partial charge in [0.2, 0.25) is 17.7 Å². The van der Waals surface area contributed by atoms with Crippen LogP contribution in [0, 0.1) is 11.6 Å². The molecule has 0 saturated carbocycles. The lowest BCUT2D eigenvalue weighted by Gasteiger charge is -2.36. The number of carbonyl (C=O) groups is 3. The summed E-state index contributed by atoms with van der Waals surface area (Å²) in [4.78, 5) is 42.3. The Morgan fingerprint density at radius 1 is 1.16 bits per heavy atom. The third kappa shape index (κ3) is 5.19. The zero-order chi connectivity index (χ0) is 23.4. The molecule has 1 aliphatic rings. The summed E-state index contributed by atoms with van der Waals surface area (Å²) in [7, 11) is 1.63. The van der Waals surface area contributed by atoms with Gasteiger partial charge < -0.3 is 10.6 Å². The molecular weight excluding hydrogens is 416 g/mol. The Hall–Kier alpha value is -3.13. The molecule has 1 aliphatic heterocycles. The molecule has 3 amide bonds. The molecule has 2 aromatic carbocycles. The Bertz CT molecular complexity index is 977. The summed E-state index contributed by atoms with van der Waals surface area (Å²) in [5, 5.41) is 0. The van der Waals surface area contributed by atoms with Gasteiger partial charge in [0.15, 0.2) is 0 Å². The Balaban J connectivity index is 2.06. The molecule has 8 heteroatoms. The van der Waals surface area contributed by atoms with Crippen molar-refractivity contribution in [1.82, 2.24) is 9.80 Å². The van der Waals surface area contributed by atoms with E-state index in [0.29, 0.717) is 25.5 Å². The lowest BCUT2D eigenvalue weighted by atomic mass is 9.86. The van der Waals surface area contributed by atoms with Crippen molar-refractivity contribution >= 4 is 17.7 Å². The maximum Gasteiger partial charge on any atom is 0.246 e. The minimum atomic E-state index is -1.10. The van der Waals surface area contributed by atoms with Gasteiger partial charge in [-0.15, -0.1) is 0 Å². The number of hydrogen-bond acceptors (Lipinski definition) is 4. The number of likely N-dealkylation sites (N-methyl/N-ethyl adjacent to an activating group) is 1. The highest BCUT2D eigenvalue weighted by atomic mass is 19.1. The monoisotopic (exact) mass is 443 g/mol. The standard InChI is InChI=1S/C24H27F2N3O3/c1-15(27)23(31)29(21(30)13-16-11-18(25)14-19(26)12-16)22-20(17-7-4-3-5-8-17)9-6-10-28(2)24(22)32/h3-5,7-8,11-12,14-15,20,22H,6,9-10,13,27H2,1-2H3/t15-,20+,22-/m0/s1. The predicted octanol–water partition coefficient (Wildman–Crippen LogP) is 2.61. The number of halogens is 2. The summed E-state index contributed by atoms with van der Waals surface area (Å²) >= 11 is 0. The summed E-state index contributed by atoms with van der Waals surface area (Å²) in [5.74, 6) is -3.89. The molecule has 1 fully saturated rings. The molecule has 3 rings (SSSR count). The van der Waals surface area contributed by atoms with E-state index in [0.717, 1.165) is 22.6 Å². The van der Waals surface area contributed by atoms with Gasteiger partial charge in [-0.3, -0.25) is 19.3 Å². The summed E-state index contributed by atoms with van der Waals surface area (Å²) in [6, 6.07) is 9.85. The number of benzene rings is 2. The second-order valence-electron chi connectivity index (χ2n) is 8.21. The number of hydrogen-bond donors (Lipinski definition) is 1. The van der Waals surface area contributed by atoms with Crippen molar-refractivity contribution in [2.24, 2.45) is 5.73 Å². The average molecular weight is 443 g/mol. The van der Waals surface area contributed by atoms with Gasteiger partial charge in [-0.25, -0.2) is 8.78 Å². The minimum absolute atomic E-state index is 0.0701. The van der Waals surface area contributed by atoms with Crippen LogP contribution in [0.2, 0.25) is 0 Å². The van der Waals surface area contributed by atoms with E-state index >= 15 is 0 Å². The van der Waals surface area contributed by atoms with Crippen LogP contribution in [0.25, 0.3) is 0 Å². The van der Waals surface area contributed by atoms with Crippen molar-refractivity contribution in [3.63, 3.8) is 0 Å². The highest BCUT2D eigenvalue weighted by Crippen LogP contribution is 2.33. The van der Waals surface area contributed by atoms with E-state index < -0.39 is 47.9 Å². The molecular formula is C24H27F2N3O3. The van der Waals surface area contributed by atoms with E-state index in [-0.39, 0.29) is 11.5 Å². The van der Waals surface area contributed by atoms with E-state index in [1.54, 1.807) is 7.05 Å². The molecule has 2 N–H and O–H groups in total. The Morgan fingerprint density at radius 2 is 1.78 bits per heavy atom. The van der Waals surface area contributed by atoms with E-state index in [1.807, 2.05) is 30.3 Å². The number of rotatable bonds is 5. The first-order chi connectivity index (χ1) is 15.2. The third-order valence-corrected chi connectivity index (χ3v) is 5.70. The van der Waals surface area contributed by atoms with Crippen LogP contribution in [0.5, 0.6) is 0 Å². The lowest BCUT2D eigenvalue weighted by Crippen LogP contribution is -2.57. The fourth-order valence-corrected chi connectivity index (χ4v) is 4.16. The predicted molar refractivity (Wildman–Crippen MR) is 115 cm³/mol. The number of nitrogens with zero attached hydrogens (tertiary/aromatic N) is 2. The van der Waals surface area contributed by atoms with Crippen LogP contribution in [0.1, 0.15) is 36.8 Å². The molecule has 0 radical (unpaired) electrons. The molecule has 0 bridgehead atoms. The molecule has 0 aliphatic carbocycles. The molecule has 2 aromatic rings. The molecule has 170 valence electrons. The molecule has 0 aromatic heterocycles. The summed E-state index contributed by atoms with van der Waals surface area (Å²) in [6.07, 6.45) is 0.833. The van der Waals surface area contributed by atoms with Crippen molar-refractivity contribution in [3.8, 4) is 0 Å². The number of amides is 3. The molecule has 6 nitrogen and oxygen atoms in total. The van der Waals surface area contributed by atoms with Crippen LogP contribution in [0.3, 0.4) is 0 Å². The molecule has 1 heterocycles. The van der Waals surface area contributed by atoms with Crippen molar-refractivity contribution in [3.05, 3.63) is 71.3 Å². The fourth-order valence-electron chi connectivity index (χ4n) is 4.16. The summed E-state index contributed by atoms with van der Waals surface area (Å²) in [6.45, 7) is 1.93. The van der Waals surface area contributed by atoms with Crippen LogP contribution in [0.4, 0.5) is 8.78 Å². The average Bonchev–Trinajstić information content (AvgIpc) is 2.87. The second-order valence-corrected chi connectivity index (χ2v) is 8.21. The third-order valence-electron chi connectivity index (χ3n) is 5.70. The van der Waals surface area contributed by atoms with Gasteiger partial charge >= 0.3 is 0 Å². The topological polar surface area (TPSA) is 83.7 Å². The first-order valence-electron chi connectivity index (χ1n) is 10.6. The first kappa shape index (κ1) is 23.5. The minimum Gasteiger partial charge on any atom is -0.344 e. The van der Waals surface area contributed by atoms with Gasteiger partial charge in [0.25, 0.3) is 0 Å². The Labute approximate surface area is 186 Å². The quantitative estimate of drug-likeness (QED) is 0.770. The van der Waals surface area contributed by atoms with Gasteiger partial charge in [0.1, 0.15) is 17.7 Å². The van der Waals surface area contributed by atoms with Gasteiger partial charge in [-0.2, -0.15) is 0 Å². The molecule has 32 heavy (non-hydrogen) atoms. The zero-order valence-corrected chi connectivity index (χ0v) is 18.1. The normalized spacial score (nSPS) is 19.9. The highest BCUT2D eigenvalue weighted by molar-refractivity contribution is 6.03. The number of likely N-dealkylation sites (tertiary alicyclic amines) is 1. The van der Waals surface area contributed by atoms with E-state index in [4.69, 9.17) is 5.73 Å². The largest absolute Gasteiger partial charge is 0.344 e. The summed E-state index contributed by atoms with van der Waals surface area (Å²) in [5.41, 5.74) is 6.73. The van der Waals surface area contributed by atoms with Gasteiger partial charge in [0.05, 0.1) is 12.5 Å². The van der Waals surface area contributed by atoms with E-state index in [9.17, 15) is 23.2 Å². The summed E-state index contributed by atoms with van der Waals surface area (Å²) < 4.78 is 27.3.